The number of halogens is 1. The van der Waals surface area contributed by atoms with E-state index in [9.17, 15) is 18.8 Å². The number of ether oxygens (including phenoxy) is 1. The molecule has 0 radical (unpaired) electrons. The van der Waals surface area contributed by atoms with Crippen LogP contribution in [0.5, 0.6) is 0 Å². The number of hydrogen-bond acceptors (Lipinski definition) is 5. The highest BCUT2D eigenvalue weighted by Gasteiger charge is 2.37. The lowest BCUT2D eigenvalue weighted by atomic mass is 10.1. The van der Waals surface area contributed by atoms with Crippen molar-refractivity contribution in [1.29, 1.82) is 0 Å². The molecule has 2 saturated heterocycles. The molecule has 8 nitrogen and oxygen atoms in total. The monoisotopic (exact) mass is 406 g/mol. The van der Waals surface area contributed by atoms with Crippen LogP contribution in [-0.4, -0.2) is 79.6 Å². The summed E-state index contributed by atoms with van der Waals surface area (Å²) in [4.78, 5) is 39.9. The topological polar surface area (TPSA) is 91.0 Å². The molecule has 1 atom stereocenters. The minimum absolute atomic E-state index is 0.140. The third-order valence-corrected chi connectivity index (χ3v) is 5.13. The van der Waals surface area contributed by atoms with Crippen molar-refractivity contribution in [3.05, 3.63) is 35.6 Å². The molecule has 9 heteroatoms. The maximum Gasteiger partial charge on any atom is 0.324 e. The number of imide groups is 1. The Labute approximate surface area is 169 Å². The minimum Gasteiger partial charge on any atom is -0.379 e. The van der Waals surface area contributed by atoms with E-state index in [0.717, 1.165) is 24.5 Å². The summed E-state index contributed by atoms with van der Waals surface area (Å²) < 4.78 is 18.5. The highest BCUT2D eigenvalue weighted by Crippen LogP contribution is 2.13. The summed E-state index contributed by atoms with van der Waals surface area (Å²) >= 11 is 0. The van der Waals surface area contributed by atoms with Crippen molar-refractivity contribution in [2.75, 3.05) is 45.9 Å². The van der Waals surface area contributed by atoms with E-state index in [2.05, 4.69) is 15.5 Å². The fourth-order valence-electron chi connectivity index (χ4n) is 3.46. The molecule has 158 valence electrons. The van der Waals surface area contributed by atoms with Gasteiger partial charge in [0.25, 0.3) is 5.91 Å². The van der Waals surface area contributed by atoms with Gasteiger partial charge in [0.1, 0.15) is 11.9 Å². The van der Waals surface area contributed by atoms with Crippen LogP contribution in [0.1, 0.15) is 18.4 Å². The van der Waals surface area contributed by atoms with Crippen LogP contribution in [0.2, 0.25) is 0 Å². The third kappa shape index (κ3) is 6.23. The minimum atomic E-state index is -0.694. The van der Waals surface area contributed by atoms with Gasteiger partial charge in [-0.25, -0.2) is 9.18 Å². The van der Waals surface area contributed by atoms with E-state index in [1.165, 1.54) is 12.1 Å². The second-order valence-corrected chi connectivity index (χ2v) is 7.21. The van der Waals surface area contributed by atoms with E-state index < -0.39 is 12.1 Å². The molecule has 0 saturated carbocycles. The summed E-state index contributed by atoms with van der Waals surface area (Å²) in [5.41, 5.74) is 0.716. The Morgan fingerprint density at radius 3 is 2.79 bits per heavy atom. The Kier molecular flexibility index (Phi) is 7.54. The lowest BCUT2D eigenvalue weighted by Crippen LogP contribution is -2.41. The van der Waals surface area contributed by atoms with Gasteiger partial charge in [0.2, 0.25) is 5.91 Å². The molecule has 0 bridgehead atoms. The molecular weight excluding hydrogens is 379 g/mol. The van der Waals surface area contributed by atoms with Gasteiger partial charge in [0.05, 0.1) is 13.2 Å². The van der Waals surface area contributed by atoms with Gasteiger partial charge in [-0.05, 0) is 30.5 Å². The maximum atomic E-state index is 13.2. The van der Waals surface area contributed by atoms with Gasteiger partial charge in [-0.3, -0.25) is 19.4 Å². The van der Waals surface area contributed by atoms with E-state index in [1.807, 2.05) is 0 Å². The number of morpholine rings is 1. The fraction of sp³-hybridized carbons (Fsp3) is 0.550. The Bertz CT molecular complexity index is 739. The van der Waals surface area contributed by atoms with Crippen molar-refractivity contribution in [3.63, 3.8) is 0 Å². The molecule has 1 aromatic rings. The average molecular weight is 406 g/mol. The van der Waals surface area contributed by atoms with Gasteiger partial charge in [0, 0.05) is 39.1 Å². The molecule has 2 N–H and O–H groups in total. The summed E-state index contributed by atoms with van der Waals surface area (Å²) in [5, 5.41) is 5.47. The van der Waals surface area contributed by atoms with Gasteiger partial charge >= 0.3 is 6.03 Å². The van der Waals surface area contributed by atoms with Gasteiger partial charge < -0.3 is 15.4 Å². The third-order valence-electron chi connectivity index (χ3n) is 5.13. The molecular formula is C20H27FN4O4. The van der Waals surface area contributed by atoms with Crippen molar-refractivity contribution in [3.8, 4) is 0 Å². The van der Waals surface area contributed by atoms with Crippen LogP contribution in [0, 0.1) is 5.82 Å². The number of carbonyl (C=O) groups excluding carboxylic acids is 3. The molecule has 0 aromatic heterocycles. The summed E-state index contributed by atoms with van der Waals surface area (Å²) in [6.07, 6.45) is 0.799. The second-order valence-electron chi connectivity index (χ2n) is 7.21. The Balaban J connectivity index is 1.37. The number of urea groups is 1. The predicted octanol–water partition coefficient (Wildman–Crippen LogP) is 0.517. The van der Waals surface area contributed by atoms with Crippen molar-refractivity contribution < 1.29 is 23.5 Å². The first-order chi connectivity index (χ1) is 14.0. The number of amides is 4. The van der Waals surface area contributed by atoms with Crippen LogP contribution in [-0.2, 0) is 20.7 Å². The van der Waals surface area contributed by atoms with E-state index in [1.54, 1.807) is 12.1 Å². The SMILES string of the molecule is O=C(CCC1NC(=O)N(CCc2cccc(F)c2)C1=O)NCCN1CCOCC1. The van der Waals surface area contributed by atoms with Crippen molar-refractivity contribution in [1.82, 2.24) is 20.4 Å². The van der Waals surface area contributed by atoms with Crippen molar-refractivity contribution in [2.45, 2.75) is 25.3 Å². The van der Waals surface area contributed by atoms with E-state index in [0.29, 0.717) is 31.7 Å². The fourth-order valence-corrected chi connectivity index (χ4v) is 3.46. The van der Waals surface area contributed by atoms with Crippen molar-refractivity contribution in [2.24, 2.45) is 0 Å². The molecule has 0 spiro atoms. The van der Waals surface area contributed by atoms with Crippen LogP contribution in [0.25, 0.3) is 0 Å². The first-order valence-electron chi connectivity index (χ1n) is 9.96. The zero-order chi connectivity index (χ0) is 20.6. The zero-order valence-corrected chi connectivity index (χ0v) is 16.4. The zero-order valence-electron chi connectivity index (χ0n) is 16.4. The first-order valence-corrected chi connectivity index (χ1v) is 9.96. The number of nitrogens with one attached hydrogen (secondary N) is 2. The second kappa shape index (κ2) is 10.3. The molecule has 1 aromatic carbocycles. The molecule has 2 aliphatic heterocycles. The summed E-state index contributed by atoms with van der Waals surface area (Å²) in [7, 11) is 0. The molecule has 3 rings (SSSR count). The standard InChI is InChI=1S/C20H27FN4O4/c21-16-3-1-2-15(14-16)6-8-25-19(27)17(23-20(25)28)4-5-18(26)22-7-9-24-10-12-29-13-11-24/h1-3,14,17H,4-13H2,(H,22,26)(H,23,28). The molecule has 0 aliphatic carbocycles. The maximum absolute atomic E-state index is 13.2. The van der Waals surface area contributed by atoms with Gasteiger partial charge in [-0.2, -0.15) is 0 Å². The lowest BCUT2D eigenvalue weighted by Gasteiger charge is -2.26. The van der Waals surface area contributed by atoms with Crippen LogP contribution in [0.4, 0.5) is 9.18 Å². The quantitative estimate of drug-likeness (QED) is 0.584. The Morgan fingerprint density at radius 2 is 2.03 bits per heavy atom. The molecule has 29 heavy (non-hydrogen) atoms. The summed E-state index contributed by atoms with van der Waals surface area (Å²) in [5.74, 6) is -0.830. The van der Waals surface area contributed by atoms with Crippen LogP contribution in [0.3, 0.4) is 0 Å². The molecule has 1 unspecified atom stereocenters. The molecule has 2 aliphatic rings. The number of carbonyl (C=O) groups is 3. The highest BCUT2D eigenvalue weighted by atomic mass is 19.1. The van der Waals surface area contributed by atoms with Gasteiger partial charge in [0.15, 0.2) is 0 Å². The molecule has 2 heterocycles. The van der Waals surface area contributed by atoms with E-state index in [4.69, 9.17) is 4.74 Å². The Morgan fingerprint density at radius 1 is 1.24 bits per heavy atom. The van der Waals surface area contributed by atoms with Gasteiger partial charge in [-0.15, -0.1) is 0 Å². The number of rotatable bonds is 9. The van der Waals surface area contributed by atoms with Crippen LogP contribution >= 0.6 is 0 Å². The first kappa shape index (κ1) is 21.2. The number of nitrogens with zero attached hydrogens (tertiary/aromatic N) is 2. The van der Waals surface area contributed by atoms with Crippen LogP contribution in [0.15, 0.2) is 24.3 Å². The normalized spacial score (nSPS) is 20.0. The largest absolute Gasteiger partial charge is 0.379 e. The smallest absolute Gasteiger partial charge is 0.324 e. The number of hydrogen-bond donors (Lipinski definition) is 2. The van der Waals surface area contributed by atoms with Crippen molar-refractivity contribution >= 4 is 17.8 Å². The Hall–Kier alpha value is -2.52. The van der Waals surface area contributed by atoms with E-state index in [-0.39, 0.29) is 37.0 Å². The van der Waals surface area contributed by atoms with E-state index >= 15 is 0 Å². The molecule has 2 fully saturated rings. The van der Waals surface area contributed by atoms with Gasteiger partial charge in [-0.1, -0.05) is 12.1 Å². The molecule has 4 amide bonds. The highest BCUT2D eigenvalue weighted by molar-refractivity contribution is 6.04. The number of benzene rings is 1. The lowest BCUT2D eigenvalue weighted by molar-refractivity contribution is -0.127. The van der Waals surface area contributed by atoms with Crippen LogP contribution < -0.4 is 10.6 Å². The summed E-state index contributed by atoms with van der Waals surface area (Å²) in [6.45, 7) is 4.65. The predicted molar refractivity (Wildman–Crippen MR) is 104 cm³/mol. The average Bonchev–Trinajstić information content (AvgIpc) is 2.98. The summed E-state index contributed by atoms with van der Waals surface area (Å²) in [6, 6.07) is 4.91.